The number of hydrogen-bond acceptors (Lipinski definition) is 4. The molecule has 0 unspecified atom stereocenters. The Bertz CT molecular complexity index is 656. The second-order valence-corrected chi connectivity index (χ2v) is 6.09. The first-order valence-electron chi connectivity index (χ1n) is 9.18. The number of unbranched alkanes of at least 4 members (excludes halogenated alkanes) is 1. The monoisotopic (exact) mass is 491 g/mol. The molecule has 1 N–H and O–H groups in total. The summed E-state index contributed by atoms with van der Waals surface area (Å²) >= 11 is 0. The van der Waals surface area contributed by atoms with Crippen molar-refractivity contribution in [2.45, 2.75) is 26.3 Å². The van der Waals surface area contributed by atoms with Crippen LogP contribution in [0.25, 0.3) is 0 Å². The van der Waals surface area contributed by atoms with Crippen molar-refractivity contribution in [3.8, 4) is 0 Å². The summed E-state index contributed by atoms with van der Waals surface area (Å²) < 4.78 is 6.76. The molecule has 0 radical (unpaired) electrons. The Hall–Kier alpha value is -1.78. The molecule has 0 atom stereocenters. The molecule has 152 valence electrons. The summed E-state index contributed by atoms with van der Waals surface area (Å²) in [6.07, 6.45) is 3.44. The molecule has 1 fully saturated rings. The third kappa shape index (κ3) is 7.39. The van der Waals surface area contributed by atoms with E-state index in [1.807, 2.05) is 19.2 Å². The maximum Gasteiger partial charge on any atom is 0.409 e. The van der Waals surface area contributed by atoms with Gasteiger partial charge in [-0.1, -0.05) is 6.07 Å². The van der Waals surface area contributed by atoms with Crippen molar-refractivity contribution >= 4 is 36.0 Å². The van der Waals surface area contributed by atoms with Gasteiger partial charge in [0.1, 0.15) is 0 Å². The van der Waals surface area contributed by atoms with E-state index in [4.69, 9.17) is 4.74 Å². The van der Waals surface area contributed by atoms with Crippen LogP contribution in [-0.2, 0) is 11.3 Å². The Labute approximate surface area is 177 Å². The Balaban J connectivity index is 0.00000364. The summed E-state index contributed by atoms with van der Waals surface area (Å²) in [4.78, 5) is 31.6. The van der Waals surface area contributed by atoms with Crippen molar-refractivity contribution in [1.82, 2.24) is 19.7 Å². The number of hydrogen-bond donors (Lipinski definition) is 1. The highest BCUT2D eigenvalue weighted by Crippen LogP contribution is 2.04. The highest BCUT2D eigenvalue weighted by Gasteiger charge is 2.23. The molecule has 0 bridgehead atoms. The smallest absolute Gasteiger partial charge is 0.409 e. The second-order valence-electron chi connectivity index (χ2n) is 6.09. The topological polar surface area (TPSA) is 79.2 Å². The number of aliphatic imine (C=N–C) groups is 1. The Morgan fingerprint density at radius 2 is 1.89 bits per heavy atom. The third-order valence-electron chi connectivity index (χ3n) is 4.32. The normalized spacial score (nSPS) is 14.5. The number of ether oxygens (including phenoxy) is 1. The van der Waals surface area contributed by atoms with E-state index < -0.39 is 0 Å². The third-order valence-corrected chi connectivity index (χ3v) is 4.32. The predicted molar refractivity (Wildman–Crippen MR) is 117 cm³/mol. The fraction of sp³-hybridized carbons (Fsp3) is 0.611. The molecule has 9 heteroatoms. The first kappa shape index (κ1) is 23.3. The van der Waals surface area contributed by atoms with E-state index in [0.29, 0.717) is 19.7 Å². The predicted octanol–water partition coefficient (Wildman–Crippen LogP) is 1.60. The molecule has 1 saturated heterocycles. The molecule has 1 aliphatic rings. The van der Waals surface area contributed by atoms with Crippen LogP contribution in [0.2, 0.25) is 0 Å². The van der Waals surface area contributed by atoms with Crippen molar-refractivity contribution in [2.75, 3.05) is 46.4 Å². The summed E-state index contributed by atoms with van der Waals surface area (Å²) in [6, 6.07) is 5.21. The molecule has 0 spiro atoms. The molecular formula is C18H30IN5O3. The zero-order chi connectivity index (χ0) is 18.8. The summed E-state index contributed by atoms with van der Waals surface area (Å²) in [5.41, 5.74) is 0.0377. The molecule has 1 aromatic heterocycles. The number of nitrogens with one attached hydrogen (secondary N) is 1. The number of rotatable bonds is 6. The lowest BCUT2D eigenvalue weighted by atomic mass is 10.3. The molecule has 27 heavy (non-hydrogen) atoms. The van der Waals surface area contributed by atoms with Gasteiger partial charge >= 0.3 is 6.09 Å². The van der Waals surface area contributed by atoms with E-state index in [1.54, 1.807) is 28.6 Å². The largest absolute Gasteiger partial charge is 0.450 e. The minimum Gasteiger partial charge on any atom is -0.450 e. The molecule has 8 nitrogen and oxygen atoms in total. The maximum absolute atomic E-state index is 11.7. The first-order chi connectivity index (χ1) is 12.7. The number of pyridine rings is 1. The van der Waals surface area contributed by atoms with Crippen LogP contribution in [0.3, 0.4) is 0 Å². The van der Waals surface area contributed by atoms with E-state index in [-0.39, 0.29) is 35.6 Å². The van der Waals surface area contributed by atoms with E-state index in [9.17, 15) is 9.59 Å². The highest BCUT2D eigenvalue weighted by molar-refractivity contribution is 14.0. The van der Waals surface area contributed by atoms with Crippen molar-refractivity contribution < 1.29 is 9.53 Å². The minimum atomic E-state index is -0.244. The number of aryl methyl sites for hydroxylation is 1. The molecule has 1 aromatic rings. The van der Waals surface area contributed by atoms with Crippen LogP contribution in [-0.4, -0.2) is 72.8 Å². The molecule has 0 saturated carbocycles. The van der Waals surface area contributed by atoms with Crippen LogP contribution in [0.5, 0.6) is 0 Å². The molecular weight excluding hydrogens is 461 g/mol. The zero-order valence-electron chi connectivity index (χ0n) is 16.1. The number of aromatic nitrogens is 1. The quantitative estimate of drug-likeness (QED) is 0.283. The summed E-state index contributed by atoms with van der Waals surface area (Å²) in [5, 5.41) is 3.36. The average Bonchev–Trinajstić information content (AvgIpc) is 2.66. The lowest BCUT2D eigenvalue weighted by Gasteiger charge is -2.35. The molecule has 0 aliphatic carbocycles. The van der Waals surface area contributed by atoms with Crippen molar-refractivity contribution in [2.24, 2.45) is 4.99 Å². The van der Waals surface area contributed by atoms with Crippen molar-refractivity contribution in [1.29, 1.82) is 0 Å². The van der Waals surface area contributed by atoms with E-state index >= 15 is 0 Å². The molecule has 0 aromatic carbocycles. The Morgan fingerprint density at radius 1 is 1.19 bits per heavy atom. The van der Waals surface area contributed by atoms with Gasteiger partial charge in [-0.2, -0.15) is 0 Å². The lowest BCUT2D eigenvalue weighted by molar-refractivity contribution is 0.0914. The van der Waals surface area contributed by atoms with Gasteiger partial charge in [0.25, 0.3) is 0 Å². The van der Waals surface area contributed by atoms with Gasteiger partial charge in [-0.25, -0.2) is 4.79 Å². The SMILES string of the molecule is CCOC(=O)N1CCN(C(=NC)NCCCCn2ccccc2=O)CC1.I. The summed E-state index contributed by atoms with van der Waals surface area (Å²) in [5.74, 6) is 0.852. The molecule has 1 aliphatic heterocycles. The fourth-order valence-corrected chi connectivity index (χ4v) is 2.90. The van der Waals surface area contributed by atoms with Gasteiger partial charge in [-0.15, -0.1) is 24.0 Å². The van der Waals surface area contributed by atoms with Gasteiger partial charge in [0.2, 0.25) is 5.56 Å². The standard InChI is InChI=1S/C18H29N5O3.HI/c1-3-26-18(25)23-14-12-22(13-15-23)17(19-2)20-9-5-7-11-21-10-6-4-8-16(21)24;/h4,6,8,10H,3,5,7,9,11-15H2,1-2H3,(H,19,20);1H. The van der Waals surface area contributed by atoms with Gasteiger partial charge in [0.05, 0.1) is 6.61 Å². The number of carbonyl (C=O) groups excluding carboxylic acids is 1. The van der Waals surface area contributed by atoms with Gasteiger partial charge in [0.15, 0.2) is 5.96 Å². The lowest BCUT2D eigenvalue weighted by Crippen LogP contribution is -2.54. The maximum atomic E-state index is 11.7. The van der Waals surface area contributed by atoms with E-state index in [0.717, 1.165) is 45.0 Å². The number of nitrogens with zero attached hydrogens (tertiary/aromatic N) is 4. The van der Waals surface area contributed by atoms with E-state index in [2.05, 4.69) is 15.2 Å². The zero-order valence-corrected chi connectivity index (χ0v) is 18.4. The van der Waals surface area contributed by atoms with Crippen molar-refractivity contribution in [3.63, 3.8) is 0 Å². The van der Waals surface area contributed by atoms with Gasteiger partial charge < -0.3 is 24.4 Å². The number of carbonyl (C=O) groups is 1. The van der Waals surface area contributed by atoms with E-state index in [1.165, 1.54) is 0 Å². The summed E-state index contributed by atoms with van der Waals surface area (Å²) in [6.45, 7) is 6.47. The van der Waals surface area contributed by atoms with Crippen LogP contribution in [0.4, 0.5) is 4.79 Å². The van der Waals surface area contributed by atoms with Gasteiger partial charge in [0, 0.05) is 58.6 Å². The average molecular weight is 491 g/mol. The number of amides is 1. The second kappa shape index (κ2) is 12.6. The number of guanidine groups is 1. The van der Waals surface area contributed by atoms with Crippen LogP contribution in [0.15, 0.2) is 34.2 Å². The minimum absolute atomic E-state index is 0. The van der Waals surface area contributed by atoms with Crippen LogP contribution < -0.4 is 10.9 Å². The summed E-state index contributed by atoms with van der Waals surface area (Å²) in [7, 11) is 1.77. The van der Waals surface area contributed by atoms with Crippen LogP contribution in [0, 0.1) is 0 Å². The number of halogens is 1. The van der Waals surface area contributed by atoms with Gasteiger partial charge in [-0.3, -0.25) is 9.79 Å². The fourth-order valence-electron chi connectivity index (χ4n) is 2.90. The van der Waals surface area contributed by atoms with Crippen LogP contribution >= 0.6 is 24.0 Å². The molecule has 2 heterocycles. The Morgan fingerprint density at radius 3 is 2.52 bits per heavy atom. The van der Waals surface area contributed by atoms with Crippen LogP contribution in [0.1, 0.15) is 19.8 Å². The van der Waals surface area contributed by atoms with Gasteiger partial charge in [-0.05, 0) is 25.8 Å². The number of piperazine rings is 1. The highest BCUT2D eigenvalue weighted by atomic mass is 127. The molecule has 2 rings (SSSR count). The Kier molecular flexibility index (Phi) is 10.8. The molecule has 1 amide bonds. The van der Waals surface area contributed by atoms with Crippen molar-refractivity contribution in [3.05, 3.63) is 34.7 Å². The first-order valence-corrected chi connectivity index (χ1v) is 9.18.